The Bertz CT molecular complexity index is 2590. The van der Waals surface area contributed by atoms with Gasteiger partial charge in [0.15, 0.2) is 11.6 Å². The van der Waals surface area contributed by atoms with Crippen LogP contribution in [0.3, 0.4) is 0 Å². The number of nitrogens with two attached hydrogens (primary N) is 1. The van der Waals surface area contributed by atoms with Crippen molar-refractivity contribution in [3.63, 3.8) is 0 Å². The summed E-state index contributed by atoms with van der Waals surface area (Å²) in [7, 11) is -4.88. The second kappa shape index (κ2) is 18.0. The number of nitrogens with zero attached hydrogens (tertiary/aromatic N) is 5. The molecule has 4 aromatic carbocycles. The van der Waals surface area contributed by atoms with E-state index in [1.807, 2.05) is 12.1 Å². The molecule has 1 amide bonds. The molecule has 15 nitrogen and oxygen atoms in total. The lowest BCUT2D eigenvalue weighted by atomic mass is 9.72. The lowest BCUT2D eigenvalue weighted by Gasteiger charge is -2.39. The van der Waals surface area contributed by atoms with Crippen LogP contribution in [-0.2, 0) is 14.8 Å². The third-order valence-electron chi connectivity index (χ3n) is 12.2. The fraction of sp³-hybridized carbons (Fsp3) is 0.378. The van der Waals surface area contributed by atoms with Crippen molar-refractivity contribution in [2.75, 3.05) is 68.4 Å². The summed E-state index contributed by atoms with van der Waals surface area (Å²) >= 11 is 6.23. The quantitative estimate of drug-likeness (QED) is 0.0762. The first-order valence-corrected chi connectivity index (χ1v) is 22.7. The van der Waals surface area contributed by atoms with Gasteiger partial charge in [-0.15, -0.1) is 0 Å². The number of sulfonamides is 1. The molecule has 2 saturated heterocycles. The van der Waals surface area contributed by atoms with Gasteiger partial charge in [-0.25, -0.2) is 0 Å². The molecule has 0 bridgehead atoms. The van der Waals surface area contributed by atoms with E-state index < -0.39 is 31.4 Å². The second-order valence-corrected chi connectivity index (χ2v) is 19.2. The second-order valence-electron chi connectivity index (χ2n) is 17.0. The Balaban J connectivity index is 1.01. The third kappa shape index (κ3) is 9.38. The van der Waals surface area contributed by atoms with Crippen LogP contribution >= 0.6 is 11.6 Å². The molecule has 3 heterocycles. The van der Waals surface area contributed by atoms with E-state index in [0.29, 0.717) is 25.3 Å². The highest BCUT2D eigenvalue weighted by atomic mass is 35.5. The molecular formula is C45H51ClN8O7S. The normalized spacial score (nSPS) is 17.6. The lowest BCUT2D eigenvalue weighted by Crippen LogP contribution is -2.47. The number of hydrogen-bond donors (Lipinski definition) is 3. The molecule has 5 aromatic rings. The number of nitro benzene ring substituents is 1. The molecule has 0 atom stereocenters. The predicted octanol–water partition coefficient (Wildman–Crippen LogP) is 8.16. The number of anilines is 3. The van der Waals surface area contributed by atoms with Crippen LogP contribution in [0.1, 0.15) is 61.9 Å². The minimum absolute atomic E-state index is 0.0226. The average Bonchev–Trinajstić information content (AvgIpc) is 3.66. The molecular weight excluding hydrogens is 832 g/mol. The molecule has 0 radical (unpaired) electrons. The van der Waals surface area contributed by atoms with Crippen molar-refractivity contribution < 1.29 is 27.7 Å². The molecule has 1 aliphatic carbocycles. The SMILES string of the molecule is CC1(C)CCC(CN2CCN(c3ccc(C(=O)N(Oc4cccc5[nH]nc(N)c45)S(=O)(=O)c4ccc(NCC5CCOCC5)c([N+](=O)[O-])c4)cc3)CC2)=C(c2ccc(Cl)cc2)C1. The van der Waals surface area contributed by atoms with E-state index in [9.17, 15) is 23.3 Å². The fourth-order valence-electron chi connectivity index (χ4n) is 8.52. The highest BCUT2D eigenvalue weighted by molar-refractivity contribution is 7.89. The number of ether oxygens (including phenoxy) is 1. The van der Waals surface area contributed by atoms with E-state index in [0.717, 1.165) is 81.6 Å². The molecule has 1 aromatic heterocycles. The summed E-state index contributed by atoms with van der Waals surface area (Å²) in [5, 5.41) is 23.2. The summed E-state index contributed by atoms with van der Waals surface area (Å²) in [4.78, 5) is 36.2. The standard InChI is InChI=1S/C45H51ClN8O7S/c1-45(2)19-16-33(37(27-45)31-6-10-34(46)11-7-31)29-51-20-22-52(23-21-51)35-12-8-32(9-13-35)44(55)54(61-41-5-3-4-39-42(41)43(47)50-49-39)62(58,59)36-14-15-38(40(26-36)53(56)57)48-28-30-17-24-60-25-18-30/h3-15,26,30,48H,16-25,27-29H2,1-2H3,(H3,47,49,50). The van der Waals surface area contributed by atoms with Gasteiger partial charge in [-0.2, -0.15) is 13.5 Å². The van der Waals surface area contributed by atoms with Crippen LogP contribution in [0.15, 0.2) is 95.4 Å². The number of fused-ring (bicyclic) bond motifs is 1. The summed E-state index contributed by atoms with van der Waals surface area (Å²) in [6.07, 6.45) is 4.82. The zero-order chi connectivity index (χ0) is 43.6. The molecule has 0 saturated carbocycles. The van der Waals surface area contributed by atoms with Crippen LogP contribution in [0.2, 0.25) is 5.02 Å². The van der Waals surface area contributed by atoms with Crippen LogP contribution in [-0.4, -0.2) is 91.3 Å². The number of rotatable bonds is 13. The van der Waals surface area contributed by atoms with Crippen molar-refractivity contribution in [3.05, 3.63) is 117 Å². The maximum absolute atomic E-state index is 14.5. The number of aromatic amines is 1. The number of aromatic nitrogens is 2. The van der Waals surface area contributed by atoms with E-state index in [4.69, 9.17) is 26.9 Å². The number of piperazine rings is 1. The van der Waals surface area contributed by atoms with Gasteiger partial charge in [0, 0.05) is 74.8 Å². The molecule has 2 aliphatic heterocycles. The number of carbonyl (C=O) groups excluding carboxylic acids is 1. The Morgan fingerprint density at radius 2 is 1.77 bits per heavy atom. The van der Waals surface area contributed by atoms with E-state index >= 15 is 0 Å². The Morgan fingerprint density at radius 1 is 1.05 bits per heavy atom. The van der Waals surface area contributed by atoms with E-state index in [1.165, 1.54) is 34.9 Å². The number of amides is 1. The van der Waals surface area contributed by atoms with Crippen molar-refractivity contribution in [3.8, 4) is 5.75 Å². The number of H-pyrrole nitrogens is 1. The summed E-state index contributed by atoms with van der Waals surface area (Å²) in [5.74, 6) is -0.793. The average molecular weight is 883 g/mol. The Hall–Kier alpha value is -5.68. The van der Waals surface area contributed by atoms with Crippen molar-refractivity contribution >= 4 is 66.9 Å². The van der Waals surface area contributed by atoms with Crippen LogP contribution in [0.25, 0.3) is 16.5 Å². The van der Waals surface area contributed by atoms with Crippen LogP contribution < -0.4 is 20.8 Å². The van der Waals surface area contributed by atoms with Crippen molar-refractivity contribution in [1.82, 2.24) is 19.6 Å². The monoisotopic (exact) mass is 882 g/mol. The number of carbonyl (C=O) groups is 1. The van der Waals surface area contributed by atoms with Gasteiger partial charge >= 0.3 is 5.91 Å². The predicted molar refractivity (Wildman–Crippen MR) is 241 cm³/mol. The first-order valence-electron chi connectivity index (χ1n) is 20.9. The molecule has 8 rings (SSSR count). The number of halogens is 1. The van der Waals surface area contributed by atoms with E-state index in [-0.39, 0.29) is 44.0 Å². The van der Waals surface area contributed by atoms with Crippen LogP contribution in [0, 0.1) is 21.4 Å². The Morgan fingerprint density at radius 3 is 2.48 bits per heavy atom. The van der Waals surface area contributed by atoms with Gasteiger partial charge in [0.2, 0.25) is 0 Å². The Labute approximate surface area is 366 Å². The summed E-state index contributed by atoms with van der Waals surface area (Å²) in [5.41, 5.74) is 11.5. The highest BCUT2D eigenvalue weighted by Gasteiger charge is 2.36. The molecule has 2 fully saturated rings. The van der Waals surface area contributed by atoms with Crippen molar-refractivity contribution in [2.45, 2.75) is 50.8 Å². The molecule has 0 spiro atoms. The van der Waals surface area contributed by atoms with Gasteiger partial charge in [0.1, 0.15) is 5.69 Å². The topological polar surface area (TPSA) is 189 Å². The molecule has 0 unspecified atom stereocenters. The zero-order valence-electron chi connectivity index (χ0n) is 34.8. The minimum Gasteiger partial charge on any atom is -0.382 e. The maximum Gasteiger partial charge on any atom is 0.302 e. The maximum atomic E-state index is 14.5. The van der Waals surface area contributed by atoms with Gasteiger partial charge in [0.25, 0.3) is 15.7 Å². The van der Waals surface area contributed by atoms with Gasteiger partial charge in [-0.05, 0) is 115 Å². The smallest absolute Gasteiger partial charge is 0.302 e. The molecule has 62 heavy (non-hydrogen) atoms. The van der Waals surface area contributed by atoms with Crippen molar-refractivity contribution in [2.24, 2.45) is 11.3 Å². The van der Waals surface area contributed by atoms with Crippen LogP contribution in [0.5, 0.6) is 5.75 Å². The summed E-state index contributed by atoms with van der Waals surface area (Å²) in [6, 6.07) is 23.1. The largest absolute Gasteiger partial charge is 0.382 e. The number of benzene rings is 4. The van der Waals surface area contributed by atoms with E-state index in [1.54, 1.807) is 36.4 Å². The van der Waals surface area contributed by atoms with Crippen molar-refractivity contribution in [1.29, 1.82) is 0 Å². The molecule has 17 heteroatoms. The number of allylic oxidation sites excluding steroid dienone is 1. The molecule has 4 N–H and O–H groups in total. The first kappa shape index (κ1) is 43.0. The van der Waals surface area contributed by atoms with Gasteiger partial charge in [-0.1, -0.05) is 53.7 Å². The summed E-state index contributed by atoms with van der Waals surface area (Å²) in [6.45, 7) is 10.5. The van der Waals surface area contributed by atoms with Gasteiger partial charge < -0.3 is 25.5 Å². The number of hydroxylamine groups is 1. The molecule has 326 valence electrons. The number of nitrogens with one attached hydrogen (secondary N) is 2. The Kier molecular flexibility index (Phi) is 12.5. The summed E-state index contributed by atoms with van der Waals surface area (Å²) < 4.78 is 34.6. The highest BCUT2D eigenvalue weighted by Crippen LogP contribution is 2.43. The first-order chi connectivity index (χ1) is 29.8. The number of nitro groups is 1. The zero-order valence-corrected chi connectivity index (χ0v) is 36.4. The van der Waals surface area contributed by atoms with Gasteiger partial charge in [0.05, 0.1) is 20.7 Å². The number of hydrogen-bond acceptors (Lipinski definition) is 12. The van der Waals surface area contributed by atoms with Crippen LogP contribution in [0.4, 0.5) is 22.9 Å². The number of nitrogen functional groups attached to an aromatic ring is 1. The van der Waals surface area contributed by atoms with Gasteiger partial charge in [-0.3, -0.25) is 24.9 Å². The lowest BCUT2D eigenvalue weighted by molar-refractivity contribution is -0.384. The molecule has 3 aliphatic rings. The fourth-order valence-corrected chi connectivity index (χ4v) is 9.84. The van der Waals surface area contributed by atoms with E-state index in [2.05, 4.69) is 51.3 Å². The third-order valence-corrected chi connectivity index (χ3v) is 14.0. The minimum atomic E-state index is -4.88.